The third-order valence-corrected chi connectivity index (χ3v) is 2.06. The van der Waals surface area contributed by atoms with Gasteiger partial charge in [-0.25, -0.2) is 0 Å². The van der Waals surface area contributed by atoms with Crippen LogP contribution in [0.2, 0.25) is 0 Å². The molecule has 0 radical (unpaired) electrons. The summed E-state index contributed by atoms with van der Waals surface area (Å²) in [4.78, 5) is 2.51. The van der Waals surface area contributed by atoms with Crippen molar-refractivity contribution in [2.75, 3.05) is 6.54 Å². The monoisotopic (exact) mass is 113 g/mol. The average Bonchev–Trinajstić information content (AvgIpc) is 2.45. The van der Waals surface area contributed by atoms with E-state index in [0.29, 0.717) is 0 Å². The Hall–Kier alpha value is -0.0400. The van der Waals surface area contributed by atoms with Gasteiger partial charge < -0.3 is 0 Å². The molecule has 1 heteroatoms. The zero-order chi connectivity index (χ0) is 6.15. The largest absolute Gasteiger partial charge is 0.295 e. The molecule has 0 aromatic rings. The van der Waals surface area contributed by atoms with Crippen LogP contribution < -0.4 is 0 Å². The van der Waals surface area contributed by atoms with Gasteiger partial charge in [-0.05, 0) is 20.3 Å². The van der Waals surface area contributed by atoms with Crippen molar-refractivity contribution >= 4 is 0 Å². The zero-order valence-corrected chi connectivity index (χ0v) is 6.02. The highest BCUT2D eigenvalue weighted by Crippen LogP contribution is 2.21. The molecule has 3 atom stereocenters. The second-order valence-corrected chi connectivity index (χ2v) is 2.80. The highest BCUT2D eigenvalue weighted by atomic mass is 15.3. The SMILES string of the molecule is CCC(C)N1CC1C. The van der Waals surface area contributed by atoms with Crippen molar-refractivity contribution in [1.82, 2.24) is 4.90 Å². The first-order valence-corrected chi connectivity index (χ1v) is 3.51. The molecule has 0 bridgehead atoms. The Morgan fingerprint density at radius 3 is 2.38 bits per heavy atom. The average molecular weight is 113 g/mol. The van der Waals surface area contributed by atoms with Gasteiger partial charge in [0.05, 0.1) is 0 Å². The van der Waals surface area contributed by atoms with Crippen LogP contribution in [0.25, 0.3) is 0 Å². The quantitative estimate of drug-likeness (QED) is 0.490. The molecule has 0 amide bonds. The van der Waals surface area contributed by atoms with Gasteiger partial charge in [-0.1, -0.05) is 6.92 Å². The maximum Gasteiger partial charge on any atom is 0.0198 e. The van der Waals surface area contributed by atoms with E-state index in [-0.39, 0.29) is 0 Å². The van der Waals surface area contributed by atoms with E-state index >= 15 is 0 Å². The molecule has 3 unspecified atom stereocenters. The van der Waals surface area contributed by atoms with Crippen LogP contribution in [0.15, 0.2) is 0 Å². The molecule has 0 saturated carbocycles. The highest BCUT2D eigenvalue weighted by Gasteiger charge is 2.31. The standard InChI is InChI=1S/C7H15N/c1-4-6(2)8-5-7(8)3/h6-7H,4-5H2,1-3H3. The lowest BCUT2D eigenvalue weighted by molar-refractivity contribution is 0.391. The summed E-state index contributed by atoms with van der Waals surface area (Å²) in [7, 11) is 0. The molecule has 1 rings (SSSR count). The van der Waals surface area contributed by atoms with Crippen LogP contribution in [-0.2, 0) is 0 Å². The van der Waals surface area contributed by atoms with Crippen LogP contribution in [0.4, 0.5) is 0 Å². The van der Waals surface area contributed by atoms with E-state index in [1.807, 2.05) is 0 Å². The van der Waals surface area contributed by atoms with Crippen LogP contribution in [0.3, 0.4) is 0 Å². The molecule has 0 aromatic carbocycles. The second kappa shape index (κ2) is 2.06. The van der Waals surface area contributed by atoms with Gasteiger partial charge in [0.2, 0.25) is 0 Å². The van der Waals surface area contributed by atoms with Crippen LogP contribution in [0.5, 0.6) is 0 Å². The molecule has 0 aromatic heterocycles. The first-order chi connectivity index (χ1) is 3.75. The number of hydrogen-bond donors (Lipinski definition) is 0. The van der Waals surface area contributed by atoms with Crippen molar-refractivity contribution in [2.24, 2.45) is 0 Å². The molecule has 0 N–H and O–H groups in total. The lowest BCUT2D eigenvalue weighted by atomic mass is 10.3. The van der Waals surface area contributed by atoms with E-state index in [2.05, 4.69) is 25.7 Å². The summed E-state index contributed by atoms with van der Waals surface area (Å²) in [5.74, 6) is 0. The van der Waals surface area contributed by atoms with E-state index in [0.717, 1.165) is 12.1 Å². The molecule has 1 heterocycles. The minimum absolute atomic E-state index is 0.824. The minimum Gasteiger partial charge on any atom is -0.295 e. The summed E-state index contributed by atoms with van der Waals surface area (Å²) in [5, 5.41) is 0. The number of hydrogen-bond acceptors (Lipinski definition) is 1. The van der Waals surface area contributed by atoms with Crippen LogP contribution in [0, 0.1) is 0 Å². The van der Waals surface area contributed by atoms with Crippen LogP contribution >= 0.6 is 0 Å². The maximum absolute atomic E-state index is 2.51. The van der Waals surface area contributed by atoms with Gasteiger partial charge in [-0.2, -0.15) is 0 Å². The molecular weight excluding hydrogens is 98.1 g/mol. The zero-order valence-electron chi connectivity index (χ0n) is 6.02. The van der Waals surface area contributed by atoms with Crippen molar-refractivity contribution in [1.29, 1.82) is 0 Å². The van der Waals surface area contributed by atoms with Crippen LogP contribution in [0.1, 0.15) is 27.2 Å². The van der Waals surface area contributed by atoms with Gasteiger partial charge in [-0.3, -0.25) is 4.90 Å². The molecule has 8 heavy (non-hydrogen) atoms. The molecule has 1 fully saturated rings. The van der Waals surface area contributed by atoms with Gasteiger partial charge in [0.15, 0.2) is 0 Å². The van der Waals surface area contributed by atoms with Crippen molar-refractivity contribution in [3.05, 3.63) is 0 Å². The summed E-state index contributed by atoms with van der Waals surface area (Å²) in [6, 6.07) is 1.70. The maximum atomic E-state index is 2.51. The fraction of sp³-hybridized carbons (Fsp3) is 1.00. The molecule has 48 valence electrons. The Morgan fingerprint density at radius 1 is 1.75 bits per heavy atom. The fourth-order valence-corrected chi connectivity index (χ4v) is 1.11. The molecular formula is C7H15N. The van der Waals surface area contributed by atoms with E-state index < -0.39 is 0 Å². The smallest absolute Gasteiger partial charge is 0.0198 e. The minimum atomic E-state index is 0.824. The van der Waals surface area contributed by atoms with E-state index in [1.165, 1.54) is 13.0 Å². The lowest BCUT2D eigenvalue weighted by Gasteiger charge is -2.08. The molecule has 1 nitrogen and oxygen atoms in total. The third-order valence-electron chi connectivity index (χ3n) is 2.06. The van der Waals surface area contributed by atoms with Gasteiger partial charge in [-0.15, -0.1) is 0 Å². The molecule has 0 spiro atoms. The summed E-state index contributed by atoms with van der Waals surface area (Å²) >= 11 is 0. The van der Waals surface area contributed by atoms with Crippen molar-refractivity contribution in [3.63, 3.8) is 0 Å². The Bertz CT molecular complexity index is 78.5. The van der Waals surface area contributed by atoms with Crippen molar-refractivity contribution in [3.8, 4) is 0 Å². The molecule has 1 aliphatic heterocycles. The normalized spacial score (nSPS) is 39.4. The second-order valence-electron chi connectivity index (χ2n) is 2.80. The van der Waals surface area contributed by atoms with Crippen LogP contribution in [-0.4, -0.2) is 23.5 Å². The highest BCUT2D eigenvalue weighted by molar-refractivity contribution is 4.88. The van der Waals surface area contributed by atoms with Gasteiger partial charge in [0.1, 0.15) is 0 Å². The summed E-state index contributed by atoms with van der Waals surface area (Å²) in [6.45, 7) is 8.15. The summed E-state index contributed by atoms with van der Waals surface area (Å²) in [5.41, 5.74) is 0. The third kappa shape index (κ3) is 1.03. The lowest BCUT2D eigenvalue weighted by Crippen LogP contribution is -2.13. The van der Waals surface area contributed by atoms with Crippen molar-refractivity contribution < 1.29 is 0 Å². The fourth-order valence-electron chi connectivity index (χ4n) is 1.11. The van der Waals surface area contributed by atoms with E-state index in [1.54, 1.807) is 0 Å². The van der Waals surface area contributed by atoms with Gasteiger partial charge in [0.25, 0.3) is 0 Å². The predicted octanol–water partition coefficient (Wildman–Crippen LogP) is 1.49. The Kier molecular flexibility index (Phi) is 1.57. The van der Waals surface area contributed by atoms with Gasteiger partial charge >= 0.3 is 0 Å². The first-order valence-electron chi connectivity index (χ1n) is 3.51. The molecule has 1 aliphatic rings. The van der Waals surface area contributed by atoms with E-state index in [4.69, 9.17) is 0 Å². The summed E-state index contributed by atoms with van der Waals surface area (Å²) < 4.78 is 0. The summed E-state index contributed by atoms with van der Waals surface area (Å²) in [6.07, 6.45) is 1.30. The number of rotatable bonds is 2. The van der Waals surface area contributed by atoms with Gasteiger partial charge in [0, 0.05) is 18.6 Å². The first kappa shape index (κ1) is 6.09. The number of nitrogens with zero attached hydrogens (tertiary/aromatic N) is 1. The topological polar surface area (TPSA) is 3.01 Å². The molecule has 0 aliphatic carbocycles. The molecule has 1 saturated heterocycles. The Balaban J connectivity index is 2.18. The Morgan fingerprint density at radius 2 is 2.25 bits per heavy atom. The van der Waals surface area contributed by atoms with Crippen molar-refractivity contribution in [2.45, 2.75) is 39.3 Å². The Labute approximate surface area is 51.7 Å². The van der Waals surface area contributed by atoms with E-state index in [9.17, 15) is 0 Å². The predicted molar refractivity (Wildman–Crippen MR) is 35.9 cm³/mol.